The predicted octanol–water partition coefficient (Wildman–Crippen LogP) is 4.43. The fourth-order valence-electron chi connectivity index (χ4n) is 2.28. The maximum absolute atomic E-state index is 13.9. The molecule has 0 aliphatic carbocycles. The minimum absolute atomic E-state index is 0.130. The Morgan fingerprint density at radius 3 is 2.71 bits per heavy atom. The van der Waals surface area contributed by atoms with Gasteiger partial charge in [-0.2, -0.15) is 0 Å². The van der Waals surface area contributed by atoms with E-state index in [1.807, 2.05) is 12.3 Å². The second-order valence-corrected chi connectivity index (χ2v) is 6.50. The van der Waals surface area contributed by atoms with Gasteiger partial charge in [0.05, 0.1) is 28.1 Å². The summed E-state index contributed by atoms with van der Waals surface area (Å²) in [6, 6.07) is 2.10. The van der Waals surface area contributed by atoms with Gasteiger partial charge in [-0.25, -0.2) is 18.7 Å². The topological polar surface area (TPSA) is 30.7 Å². The highest BCUT2D eigenvalue weighted by molar-refractivity contribution is 7.09. The SMILES string of the molecule is Cc1nc(Cn2c(C(C)Cl)nc3c(F)cc(F)cc32)cs1. The third kappa shape index (κ3) is 2.65. The Labute approximate surface area is 129 Å². The van der Waals surface area contributed by atoms with E-state index in [2.05, 4.69) is 9.97 Å². The van der Waals surface area contributed by atoms with E-state index in [1.165, 1.54) is 17.4 Å². The summed E-state index contributed by atoms with van der Waals surface area (Å²) in [4.78, 5) is 8.60. The van der Waals surface area contributed by atoms with Gasteiger partial charge < -0.3 is 4.57 Å². The molecule has 1 aromatic carbocycles. The van der Waals surface area contributed by atoms with Crippen molar-refractivity contribution in [1.82, 2.24) is 14.5 Å². The number of fused-ring (bicyclic) bond motifs is 1. The van der Waals surface area contributed by atoms with Crippen LogP contribution in [0.1, 0.15) is 28.8 Å². The number of hydrogen-bond donors (Lipinski definition) is 0. The first-order valence-corrected chi connectivity index (χ1v) is 7.67. The highest BCUT2D eigenvalue weighted by Crippen LogP contribution is 2.28. The molecule has 0 radical (unpaired) electrons. The van der Waals surface area contributed by atoms with Gasteiger partial charge in [-0.05, 0) is 19.9 Å². The van der Waals surface area contributed by atoms with Crippen LogP contribution in [-0.2, 0) is 6.54 Å². The van der Waals surface area contributed by atoms with Crippen molar-refractivity contribution in [1.29, 1.82) is 0 Å². The zero-order valence-electron chi connectivity index (χ0n) is 11.4. The van der Waals surface area contributed by atoms with Crippen molar-refractivity contribution in [2.45, 2.75) is 25.8 Å². The molecule has 110 valence electrons. The second kappa shape index (κ2) is 5.35. The van der Waals surface area contributed by atoms with Gasteiger partial charge in [0, 0.05) is 11.4 Å². The number of alkyl halides is 1. The minimum atomic E-state index is -0.684. The van der Waals surface area contributed by atoms with Crippen molar-refractivity contribution < 1.29 is 8.78 Å². The van der Waals surface area contributed by atoms with Crippen molar-refractivity contribution in [3.63, 3.8) is 0 Å². The average Bonchev–Trinajstić information content (AvgIpc) is 2.95. The van der Waals surface area contributed by atoms with E-state index in [4.69, 9.17) is 11.6 Å². The Kier molecular flexibility index (Phi) is 3.67. The monoisotopic (exact) mass is 327 g/mol. The lowest BCUT2D eigenvalue weighted by Crippen LogP contribution is -2.06. The normalized spacial score (nSPS) is 13.0. The van der Waals surface area contributed by atoms with Gasteiger partial charge in [-0.15, -0.1) is 22.9 Å². The average molecular weight is 328 g/mol. The molecule has 0 fully saturated rings. The number of rotatable bonds is 3. The lowest BCUT2D eigenvalue weighted by atomic mass is 10.3. The number of imidazole rings is 1. The Balaban J connectivity index is 2.20. The van der Waals surface area contributed by atoms with Crippen LogP contribution in [-0.4, -0.2) is 14.5 Å². The molecule has 3 aromatic rings. The molecule has 0 bridgehead atoms. The standard InChI is InChI=1S/C14H12ClF2N3S/c1-7(15)14-19-13-11(17)3-9(16)4-12(13)20(14)5-10-6-21-8(2)18-10/h3-4,6-7H,5H2,1-2H3. The molecular weight excluding hydrogens is 316 g/mol. The zero-order chi connectivity index (χ0) is 15.1. The van der Waals surface area contributed by atoms with Crippen molar-refractivity contribution in [2.75, 3.05) is 0 Å². The molecule has 3 rings (SSSR count). The number of aryl methyl sites for hydroxylation is 1. The van der Waals surface area contributed by atoms with Gasteiger partial charge in [0.25, 0.3) is 0 Å². The van der Waals surface area contributed by atoms with Crippen LogP contribution in [0, 0.1) is 18.6 Å². The molecule has 2 aromatic heterocycles. The van der Waals surface area contributed by atoms with Crippen LogP contribution < -0.4 is 0 Å². The predicted molar refractivity (Wildman–Crippen MR) is 79.9 cm³/mol. The number of aromatic nitrogens is 3. The minimum Gasteiger partial charge on any atom is -0.320 e. The highest BCUT2D eigenvalue weighted by Gasteiger charge is 2.19. The molecule has 0 saturated heterocycles. The first kappa shape index (κ1) is 14.4. The molecule has 0 saturated carbocycles. The van der Waals surface area contributed by atoms with Crippen LogP contribution in [0.15, 0.2) is 17.5 Å². The molecule has 21 heavy (non-hydrogen) atoms. The molecule has 0 aliphatic heterocycles. The van der Waals surface area contributed by atoms with Crippen LogP contribution in [0.25, 0.3) is 11.0 Å². The fraction of sp³-hybridized carbons (Fsp3) is 0.286. The molecule has 0 spiro atoms. The maximum atomic E-state index is 13.9. The van der Waals surface area contributed by atoms with Crippen LogP contribution >= 0.6 is 22.9 Å². The van der Waals surface area contributed by atoms with E-state index in [9.17, 15) is 8.78 Å². The number of benzene rings is 1. The van der Waals surface area contributed by atoms with E-state index in [1.54, 1.807) is 11.5 Å². The smallest absolute Gasteiger partial charge is 0.153 e. The summed E-state index contributed by atoms with van der Waals surface area (Å²) in [5.74, 6) is -0.817. The summed E-state index contributed by atoms with van der Waals surface area (Å²) in [7, 11) is 0. The molecule has 0 N–H and O–H groups in total. The third-order valence-corrected chi connectivity index (χ3v) is 4.16. The van der Waals surface area contributed by atoms with E-state index in [0.717, 1.165) is 16.8 Å². The van der Waals surface area contributed by atoms with Crippen LogP contribution in [0.3, 0.4) is 0 Å². The van der Waals surface area contributed by atoms with E-state index < -0.39 is 17.0 Å². The zero-order valence-corrected chi connectivity index (χ0v) is 13.0. The van der Waals surface area contributed by atoms with Gasteiger partial charge in [0.2, 0.25) is 0 Å². The molecule has 0 aliphatic rings. The molecular formula is C14H12ClF2N3S. The number of hydrogen-bond acceptors (Lipinski definition) is 3. The number of thiazole rings is 1. The van der Waals surface area contributed by atoms with Gasteiger partial charge >= 0.3 is 0 Å². The fourth-order valence-corrected chi connectivity index (χ4v) is 3.05. The van der Waals surface area contributed by atoms with E-state index in [0.29, 0.717) is 17.9 Å². The summed E-state index contributed by atoms with van der Waals surface area (Å²) in [6.45, 7) is 4.04. The van der Waals surface area contributed by atoms with E-state index >= 15 is 0 Å². The Morgan fingerprint density at radius 1 is 1.33 bits per heavy atom. The quantitative estimate of drug-likeness (QED) is 0.666. The second-order valence-electron chi connectivity index (χ2n) is 4.79. The summed E-state index contributed by atoms with van der Waals surface area (Å²) in [5.41, 5.74) is 1.34. The van der Waals surface area contributed by atoms with Crippen molar-refractivity contribution in [2.24, 2.45) is 0 Å². The molecule has 1 atom stereocenters. The maximum Gasteiger partial charge on any atom is 0.153 e. The highest BCUT2D eigenvalue weighted by atomic mass is 35.5. The van der Waals surface area contributed by atoms with Crippen LogP contribution in [0.5, 0.6) is 0 Å². The van der Waals surface area contributed by atoms with Gasteiger partial charge in [0.1, 0.15) is 17.2 Å². The lowest BCUT2D eigenvalue weighted by molar-refractivity contribution is 0.590. The molecule has 0 amide bonds. The largest absolute Gasteiger partial charge is 0.320 e. The summed E-state index contributed by atoms with van der Waals surface area (Å²) in [6.07, 6.45) is 0. The summed E-state index contributed by atoms with van der Waals surface area (Å²) >= 11 is 7.65. The van der Waals surface area contributed by atoms with Crippen LogP contribution in [0.4, 0.5) is 8.78 Å². The molecule has 7 heteroatoms. The Hall–Kier alpha value is -1.53. The number of halogens is 3. The molecule has 2 heterocycles. The third-order valence-electron chi connectivity index (χ3n) is 3.14. The van der Waals surface area contributed by atoms with Crippen molar-refractivity contribution in [3.05, 3.63) is 45.7 Å². The van der Waals surface area contributed by atoms with Crippen molar-refractivity contribution in [3.8, 4) is 0 Å². The molecule has 3 nitrogen and oxygen atoms in total. The van der Waals surface area contributed by atoms with Gasteiger partial charge in [0.15, 0.2) is 5.82 Å². The summed E-state index contributed by atoms with van der Waals surface area (Å²) in [5, 5.41) is 2.44. The Bertz CT molecular complexity index is 810. The summed E-state index contributed by atoms with van der Waals surface area (Å²) < 4.78 is 29.1. The van der Waals surface area contributed by atoms with E-state index in [-0.39, 0.29) is 5.52 Å². The van der Waals surface area contributed by atoms with Gasteiger partial charge in [-0.3, -0.25) is 0 Å². The van der Waals surface area contributed by atoms with Crippen molar-refractivity contribution >= 4 is 34.0 Å². The first-order chi connectivity index (χ1) is 9.95. The molecule has 1 unspecified atom stereocenters. The van der Waals surface area contributed by atoms with Crippen LogP contribution in [0.2, 0.25) is 0 Å². The lowest BCUT2D eigenvalue weighted by Gasteiger charge is -2.09. The Morgan fingerprint density at radius 2 is 2.10 bits per heavy atom. The first-order valence-electron chi connectivity index (χ1n) is 6.36. The van der Waals surface area contributed by atoms with Gasteiger partial charge in [-0.1, -0.05) is 0 Å². The number of nitrogens with zero attached hydrogens (tertiary/aromatic N) is 3.